The number of rotatable bonds is 41. The van der Waals surface area contributed by atoms with Crippen molar-refractivity contribution in [3.05, 3.63) is 90.1 Å². The molecule has 0 saturated carbocycles. The van der Waals surface area contributed by atoms with Crippen LogP contribution in [0.3, 0.4) is 0 Å². The third-order valence-corrected chi connectivity index (χ3v) is 18.6. The standard InChI is InChI=1S/C68H94N16O19S/c1-6-37(4)57(67(101)84-24-12-18-50(84)63(97)73-33-53(87)76-49(34-85)66(100)83-23-13-19-51(83)64(98)81-48(68(102)103)26-38-14-8-7-9-15-38)82-62(96)46(28-40-31-70-35-74-40)80-59(93)43(20-21-54(88)89)77-61(95)47(29-55(90)91)75-52(86)32-72-58(92)45(27-39-30-71-42-17-11-10-16-41(39)42)79-60(94)44(22-25-104-5)78-65(99)56(69)36(2)3/h7-11,14-17,30-31,35-37,43-51,56-57,71,85H,6,12-13,18-29,32-34,69H2,1-5H3,(H,70,74)(H,72,92)(H,73,97)(H,75,86)(H,76,87)(H,77,95)(H,78,99)(H,79,94)(H,80,93)(H,81,98)(H,82,96)(H,88,89)(H,90,91)(H,102,103)/t37-,43-,44-,45-,46-,47-,48-,49-,50-,51-,56-,57-/m0/s1. The molecule has 2 fully saturated rings. The quantitative estimate of drug-likeness (QED) is 0.0214. The second kappa shape index (κ2) is 40.4. The number of para-hydroxylation sites is 1. The van der Waals surface area contributed by atoms with Crippen LogP contribution in [-0.4, -0.2) is 245 Å². The van der Waals surface area contributed by atoms with E-state index < -0.39 is 200 Å². The molecule has 2 aromatic heterocycles. The molecule has 12 amide bonds. The number of aliphatic hydroxyl groups excluding tert-OH is 1. The number of aromatic nitrogens is 3. The number of hydrogen-bond acceptors (Lipinski definition) is 19. The maximum absolute atomic E-state index is 14.7. The van der Waals surface area contributed by atoms with Gasteiger partial charge in [-0.15, -0.1) is 0 Å². The number of aliphatic carboxylic acids is 3. The molecule has 2 saturated heterocycles. The maximum atomic E-state index is 14.7. The van der Waals surface area contributed by atoms with E-state index in [1.54, 1.807) is 94.7 Å². The molecule has 35 nitrogen and oxygen atoms in total. The van der Waals surface area contributed by atoms with Gasteiger partial charge in [-0.25, -0.2) is 9.78 Å². The van der Waals surface area contributed by atoms with E-state index in [-0.39, 0.29) is 69.6 Å². The Balaban J connectivity index is 1.10. The summed E-state index contributed by atoms with van der Waals surface area (Å²) in [7, 11) is 0. The van der Waals surface area contributed by atoms with Gasteiger partial charge in [-0.3, -0.25) is 67.1 Å². The van der Waals surface area contributed by atoms with Gasteiger partial charge in [0.2, 0.25) is 70.9 Å². The second-order valence-corrected chi connectivity index (χ2v) is 26.8. The summed E-state index contributed by atoms with van der Waals surface area (Å²) < 4.78 is 0. The van der Waals surface area contributed by atoms with Gasteiger partial charge in [0.25, 0.3) is 0 Å². The molecule has 2 aliphatic heterocycles. The van der Waals surface area contributed by atoms with Gasteiger partial charge in [0.15, 0.2) is 0 Å². The van der Waals surface area contributed by atoms with E-state index in [1.165, 1.54) is 29.2 Å². The van der Waals surface area contributed by atoms with Crippen LogP contribution in [0.15, 0.2) is 73.3 Å². The molecule has 18 N–H and O–H groups in total. The molecule has 4 heterocycles. The minimum Gasteiger partial charge on any atom is -0.481 e. The molecular weight excluding hydrogens is 1380 g/mol. The number of thioether (sulfide) groups is 1. The smallest absolute Gasteiger partial charge is 0.326 e. The van der Waals surface area contributed by atoms with Crippen LogP contribution in [0.2, 0.25) is 0 Å². The highest BCUT2D eigenvalue weighted by atomic mass is 32.2. The summed E-state index contributed by atoms with van der Waals surface area (Å²) in [4.78, 5) is 216. The number of nitrogens with one attached hydrogen (secondary N) is 12. The van der Waals surface area contributed by atoms with Gasteiger partial charge in [0, 0.05) is 62.1 Å². The second-order valence-electron chi connectivity index (χ2n) is 25.9. The number of hydrogen-bond donors (Lipinski definition) is 17. The predicted molar refractivity (Wildman–Crippen MR) is 374 cm³/mol. The van der Waals surface area contributed by atoms with Crippen molar-refractivity contribution >= 4 is 111 Å². The average Bonchev–Trinajstić information content (AvgIpc) is 1.61. The van der Waals surface area contributed by atoms with Crippen molar-refractivity contribution in [2.24, 2.45) is 17.6 Å². The number of H-pyrrole nitrogens is 2. The van der Waals surface area contributed by atoms with Crippen molar-refractivity contribution in [1.82, 2.24) is 77.9 Å². The van der Waals surface area contributed by atoms with Gasteiger partial charge in [-0.2, -0.15) is 11.8 Å². The number of imidazole rings is 1. The van der Waals surface area contributed by atoms with Crippen molar-refractivity contribution in [3.8, 4) is 0 Å². The Hall–Kier alpha value is -10.5. The first-order valence-electron chi connectivity index (χ1n) is 34.2. The third-order valence-electron chi connectivity index (χ3n) is 17.9. The number of carboxylic acid groups (broad SMARTS) is 3. The molecule has 0 spiro atoms. The summed E-state index contributed by atoms with van der Waals surface area (Å²) in [6.45, 7) is 4.31. The van der Waals surface area contributed by atoms with Crippen LogP contribution in [0.4, 0.5) is 0 Å². The Labute approximate surface area is 603 Å². The van der Waals surface area contributed by atoms with Crippen molar-refractivity contribution in [1.29, 1.82) is 0 Å². The molecule has 4 aromatic rings. The van der Waals surface area contributed by atoms with Gasteiger partial charge in [-0.1, -0.05) is 82.6 Å². The first-order valence-corrected chi connectivity index (χ1v) is 35.6. The number of carbonyl (C=O) groups excluding carboxylic acids is 12. The van der Waals surface area contributed by atoms with Gasteiger partial charge < -0.3 is 99.1 Å². The highest BCUT2D eigenvalue weighted by Crippen LogP contribution is 2.24. The zero-order valence-corrected chi connectivity index (χ0v) is 59.2. The number of carbonyl (C=O) groups is 15. The number of likely N-dealkylation sites (tertiary alicyclic amines) is 2. The van der Waals surface area contributed by atoms with E-state index in [0.29, 0.717) is 40.6 Å². The maximum Gasteiger partial charge on any atom is 0.326 e. The monoisotopic (exact) mass is 1470 g/mol. The Morgan fingerprint density at radius 2 is 1.16 bits per heavy atom. The van der Waals surface area contributed by atoms with Crippen LogP contribution in [0, 0.1) is 11.8 Å². The molecule has 0 unspecified atom stereocenters. The van der Waals surface area contributed by atoms with Gasteiger partial charge in [0.1, 0.15) is 60.4 Å². The molecule has 0 radical (unpaired) electrons. The summed E-state index contributed by atoms with van der Waals surface area (Å²) in [6.07, 6.45) is 4.32. The van der Waals surface area contributed by atoms with Gasteiger partial charge in [0.05, 0.1) is 44.2 Å². The topological polar surface area (TPSA) is 534 Å². The van der Waals surface area contributed by atoms with Crippen LogP contribution in [-0.2, 0) is 91.2 Å². The molecular formula is C68H94N16O19S. The zero-order valence-electron chi connectivity index (χ0n) is 58.4. The van der Waals surface area contributed by atoms with E-state index in [1.807, 2.05) is 0 Å². The first kappa shape index (κ1) is 82.5. The predicted octanol–water partition coefficient (Wildman–Crippen LogP) is -2.79. The summed E-state index contributed by atoms with van der Waals surface area (Å²) in [6, 6.07) is 0.0943. The normalized spacial score (nSPS) is 17.0. The number of carboxylic acids is 3. The molecule has 36 heteroatoms. The number of fused-ring (bicyclic) bond motifs is 1. The molecule has 104 heavy (non-hydrogen) atoms. The van der Waals surface area contributed by atoms with Crippen LogP contribution < -0.4 is 58.9 Å². The molecule has 0 bridgehead atoms. The fraction of sp³-hybridized carbons (Fsp3) is 0.529. The highest BCUT2D eigenvalue weighted by molar-refractivity contribution is 7.98. The molecule has 2 aromatic carbocycles. The zero-order chi connectivity index (χ0) is 76.3. The van der Waals surface area contributed by atoms with Crippen LogP contribution in [0.25, 0.3) is 10.9 Å². The summed E-state index contributed by atoms with van der Waals surface area (Å²) in [5.74, 6) is -15.8. The van der Waals surface area contributed by atoms with E-state index in [0.717, 1.165) is 4.90 Å². The van der Waals surface area contributed by atoms with Gasteiger partial charge in [-0.05, 0) is 79.6 Å². The van der Waals surface area contributed by atoms with E-state index in [2.05, 4.69) is 68.1 Å². The highest BCUT2D eigenvalue weighted by Gasteiger charge is 2.43. The summed E-state index contributed by atoms with van der Waals surface area (Å²) in [5, 5.41) is 65.2. The van der Waals surface area contributed by atoms with Crippen LogP contribution >= 0.6 is 11.8 Å². The number of aromatic amines is 2. The number of nitrogens with two attached hydrogens (primary N) is 1. The fourth-order valence-electron chi connectivity index (χ4n) is 11.9. The number of aliphatic hydroxyl groups is 1. The number of benzene rings is 2. The van der Waals surface area contributed by atoms with Gasteiger partial charge >= 0.3 is 17.9 Å². The van der Waals surface area contributed by atoms with Crippen molar-refractivity contribution < 1.29 is 92.3 Å². The lowest BCUT2D eigenvalue weighted by molar-refractivity contribution is -0.145. The molecule has 0 aliphatic carbocycles. The third kappa shape index (κ3) is 24.3. The van der Waals surface area contributed by atoms with Crippen molar-refractivity contribution in [2.75, 3.05) is 44.8 Å². The lowest BCUT2D eigenvalue weighted by Gasteiger charge is -2.32. The molecule has 566 valence electrons. The molecule has 2 aliphatic rings. The van der Waals surface area contributed by atoms with Crippen LogP contribution in [0.5, 0.6) is 0 Å². The molecule has 6 rings (SSSR count). The summed E-state index contributed by atoms with van der Waals surface area (Å²) in [5.41, 5.74) is 8.21. The SMILES string of the molecule is CC[C@H](C)[C@H](NC(=O)[C@H](Cc1c[nH]cn1)NC(=O)[C@H](CCC(=O)O)NC(=O)[C@H](CC(=O)O)NC(=O)CNC(=O)[C@H](Cc1c[nH]c2ccccc12)NC(=O)[C@H](CCSC)NC(=O)[C@@H](N)C(C)C)C(=O)N1CCC[C@H]1C(=O)NCC(=O)N[C@@H](CO)C(=O)N1CCC[C@H]1C(=O)N[C@@H](Cc1ccccc1)C(=O)O. The minimum atomic E-state index is -1.99. The Morgan fingerprint density at radius 1 is 0.596 bits per heavy atom. The Morgan fingerprint density at radius 3 is 1.76 bits per heavy atom. The van der Waals surface area contributed by atoms with E-state index in [9.17, 15) is 92.3 Å². The largest absolute Gasteiger partial charge is 0.481 e. The van der Waals surface area contributed by atoms with Crippen LogP contribution in [0.1, 0.15) is 102 Å². The van der Waals surface area contributed by atoms with E-state index in [4.69, 9.17) is 5.73 Å². The Bertz CT molecular complexity index is 3690. The van der Waals surface area contributed by atoms with Crippen molar-refractivity contribution in [2.45, 2.75) is 171 Å². The Kier molecular flexibility index (Phi) is 32.0. The number of nitrogens with zero attached hydrogens (tertiary/aromatic N) is 3. The average molecular weight is 1470 g/mol. The lowest BCUT2D eigenvalue weighted by atomic mass is 9.96. The lowest BCUT2D eigenvalue weighted by Crippen LogP contribution is -2.61. The molecule has 12 atom stereocenters. The number of amides is 12. The van der Waals surface area contributed by atoms with Crippen molar-refractivity contribution in [3.63, 3.8) is 0 Å². The minimum absolute atomic E-state index is 0.0113. The summed E-state index contributed by atoms with van der Waals surface area (Å²) >= 11 is 1.40. The fourth-order valence-corrected chi connectivity index (χ4v) is 12.3. The first-order chi connectivity index (χ1) is 49.5. The van der Waals surface area contributed by atoms with E-state index >= 15 is 0 Å².